The van der Waals surface area contributed by atoms with Gasteiger partial charge in [0.2, 0.25) is 0 Å². The van der Waals surface area contributed by atoms with Gasteiger partial charge in [0, 0.05) is 42.8 Å². The molecule has 2 heterocycles. The number of benzene rings is 2. The quantitative estimate of drug-likeness (QED) is 0.734. The van der Waals surface area contributed by atoms with Gasteiger partial charge in [0.15, 0.2) is 0 Å². The third kappa shape index (κ3) is 3.73. The van der Waals surface area contributed by atoms with E-state index in [2.05, 4.69) is 9.80 Å². The van der Waals surface area contributed by atoms with Crippen molar-refractivity contribution in [2.45, 2.75) is 6.54 Å². The van der Waals surface area contributed by atoms with Gasteiger partial charge >= 0.3 is 5.91 Å². The molecule has 2 aliphatic rings. The molecule has 1 saturated heterocycles. The van der Waals surface area contributed by atoms with Gasteiger partial charge in [-0.1, -0.05) is 41.4 Å². The van der Waals surface area contributed by atoms with Crippen molar-refractivity contribution in [2.75, 3.05) is 37.7 Å². The molecule has 2 aliphatic heterocycles. The van der Waals surface area contributed by atoms with E-state index < -0.39 is 11.7 Å². The molecule has 0 saturated carbocycles. The van der Waals surface area contributed by atoms with Crippen molar-refractivity contribution < 1.29 is 9.59 Å². The maximum absolute atomic E-state index is 12.3. The lowest BCUT2D eigenvalue weighted by Gasteiger charge is -2.36. The summed E-state index contributed by atoms with van der Waals surface area (Å²) in [6, 6.07) is 12.8. The summed E-state index contributed by atoms with van der Waals surface area (Å²) in [5, 5.41) is 1.32. The van der Waals surface area contributed by atoms with E-state index >= 15 is 0 Å². The number of amides is 1. The van der Waals surface area contributed by atoms with E-state index in [0.29, 0.717) is 28.0 Å². The van der Waals surface area contributed by atoms with Gasteiger partial charge in [-0.05, 0) is 29.8 Å². The Morgan fingerprint density at radius 1 is 0.889 bits per heavy atom. The maximum Gasteiger partial charge on any atom is 0.300 e. The number of rotatable bonds is 4. The molecule has 1 amide bonds. The van der Waals surface area contributed by atoms with Crippen LogP contribution >= 0.6 is 23.2 Å². The lowest BCUT2D eigenvalue weighted by molar-refractivity contribution is -0.114. The molecule has 4 rings (SSSR count). The molecule has 0 aliphatic carbocycles. The van der Waals surface area contributed by atoms with Crippen molar-refractivity contribution >= 4 is 40.6 Å². The zero-order valence-corrected chi connectivity index (χ0v) is 16.2. The lowest BCUT2D eigenvalue weighted by atomic mass is 10.1. The predicted octanol–water partition coefficient (Wildman–Crippen LogP) is 3.30. The van der Waals surface area contributed by atoms with Gasteiger partial charge in [0.1, 0.15) is 0 Å². The zero-order chi connectivity index (χ0) is 19.0. The first kappa shape index (κ1) is 18.4. The Kier molecular flexibility index (Phi) is 5.19. The number of nitrogens with zero attached hydrogens (tertiary/aromatic N) is 3. The highest BCUT2D eigenvalue weighted by atomic mass is 35.5. The monoisotopic (exact) mass is 403 g/mol. The van der Waals surface area contributed by atoms with Crippen LogP contribution in [0.5, 0.6) is 0 Å². The summed E-state index contributed by atoms with van der Waals surface area (Å²) in [5.41, 5.74) is 2.27. The average molecular weight is 404 g/mol. The minimum atomic E-state index is -0.438. The van der Waals surface area contributed by atoms with Crippen LogP contribution in [0.25, 0.3) is 0 Å². The van der Waals surface area contributed by atoms with E-state index in [9.17, 15) is 9.59 Å². The molecule has 2 aromatic carbocycles. The molecular formula is C20H19Cl2N3O2. The van der Waals surface area contributed by atoms with E-state index in [-0.39, 0.29) is 0 Å². The van der Waals surface area contributed by atoms with Crippen LogP contribution in [-0.4, -0.2) is 54.3 Å². The Hall–Kier alpha value is -1.92. The molecule has 0 unspecified atom stereocenters. The summed E-state index contributed by atoms with van der Waals surface area (Å²) in [6.07, 6.45) is 0. The van der Waals surface area contributed by atoms with Gasteiger partial charge in [-0.25, -0.2) is 0 Å². The number of hydrogen-bond acceptors (Lipinski definition) is 4. The van der Waals surface area contributed by atoms with E-state index in [1.165, 1.54) is 0 Å². The van der Waals surface area contributed by atoms with Crippen LogP contribution in [0.1, 0.15) is 15.9 Å². The van der Waals surface area contributed by atoms with Crippen molar-refractivity contribution in [3.63, 3.8) is 0 Å². The number of Topliss-reactive ketones (excluding diaryl/α,β-unsaturated/α-hetero) is 1. The van der Waals surface area contributed by atoms with Crippen molar-refractivity contribution in [3.8, 4) is 0 Å². The van der Waals surface area contributed by atoms with Gasteiger partial charge in [-0.2, -0.15) is 0 Å². The number of anilines is 1. The van der Waals surface area contributed by atoms with Crippen molar-refractivity contribution in [1.29, 1.82) is 0 Å². The Bertz CT molecular complexity index is 895. The number of fused-ring (bicyclic) bond motifs is 1. The number of hydrogen-bond donors (Lipinski definition) is 0. The van der Waals surface area contributed by atoms with Crippen LogP contribution in [0.2, 0.25) is 10.0 Å². The van der Waals surface area contributed by atoms with Crippen LogP contribution in [0.4, 0.5) is 5.69 Å². The summed E-state index contributed by atoms with van der Waals surface area (Å²) in [7, 11) is 0. The van der Waals surface area contributed by atoms with Crippen molar-refractivity contribution in [2.24, 2.45) is 0 Å². The molecule has 0 N–H and O–H groups in total. The summed E-state index contributed by atoms with van der Waals surface area (Å²) >= 11 is 12.2. The Balaban J connectivity index is 1.36. The van der Waals surface area contributed by atoms with Crippen molar-refractivity contribution in [3.05, 3.63) is 63.6 Å². The minimum absolute atomic E-state index is 0.415. The van der Waals surface area contributed by atoms with Crippen LogP contribution in [0.3, 0.4) is 0 Å². The summed E-state index contributed by atoms with van der Waals surface area (Å²) in [4.78, 5) is 30.6. The number of para-hydroxylation sites is 1. The van der Waals surface area contributed by atoms with Gasteiger partial charge in [0.25, 0.3) is 5.78 Å². The summed E-state index contributed by atoms with van der Waals surface area (Å²) in [5.74, 6) is -0.854. The molecular weight excluding hydrogens is 385 g/mol. The molecule has 2 aromatic rings. The predicted molar refractivity (Wildman–Crippen MR) is 106 cm³/mol. The topological polar surface area (TPSA) is 43.9 Å². The molecule has 0 bridgehead atoms. The Morgan fingerprint density at radius 2 is 1.59 bits per heavy atom. The van der Waals surface area contributed by atoms with Gasteiger partial charge in [-0.3, -0.25) is 24.3 Å². The van der Waals surface area contributed by atoms with Gasteiger partial charge < -0.3 is 0 Å². The number of carbonyl (C=O) groups is 2. The van der Waals surface area contributed by atoms with E-state index in [1.807, 2.05) is 24.3 Å². The first-order chi connectivity index (χ1) is 13.0. The fraction of sp³-hybridized carbons (Fsp3) is 0.300. The highest BCUT2D eigenvalue weighted by Gasteiger charge is 2.36. The third-order valence-corrected chi connectivity index (χ3v) is 5.68. The fourth-order valence-electron chi connectivity index (χ4n) is 3.57. The Labute approximate surface area is 168 Å². The second-order valence-electron chi connectivity index (χ2n) is 6.85. The first-order valence-electron chi connectivity index (χ1n) is 8.87. The summed E-state index contributed by atoms with van der Waals surface area (Å²) < 4.78 is 0. The fourth-order valence-corrected chi connectivity index (χ4v) is 4.04. The minimum Gasteiger partial charge on any atom is -0.296 e. The molecule has 0 atom stereocenters. The standard InChI is InChI=1S/C20H19Cl2N3O2/c21-15-6-5-14(17(22)11-15)12-23-7-9-24(10-8-23)13-25-18-4-2-1-3-16(18)19(26)20(25)27/h1-6,11H,7-10,12-13H2. The number of piperazine rings is 1. The highest BCUT2D eigenvalue weighted by molar-refractivity contribution is 6.52. The molecule has 1 fully saturated rings. The van der Waals surface area contributed by atoms with E-state index in [0.717, 1.165) is 38.3 Å². The summed E-state index contributed by atoms with van der Waals surface area (Å²) in [6.45, 7) is 4.61. The largest absolute Gasteiger partial charge is 0.300 e. The van der Waals surface area contributed by atoms with E-state index in [4.69, 9.17) is 23.2 Å². The van der Waals surface area contributed by atoms with Gasteiger partial charge in [-0.15, -0.1) is 0 Å². The zero-order valence-electron chi connectivity index (χ0n) is 14.7. The number of ketones is 1. The van der Waals surface area contributed by atoms with Gasteiger partial charge in [0.05, 0.1) is 17.9 Å². The van der Waals surface area contributed by atoms with Crippen molar-refractivity contribution in [1.82, 2.24) is 9.80 Å². The molecule has 0 radical (unpaired) electrons. The molecule has 5 nitrogen and oxygen atoms in total. The molecule has 0 aromatic heterocycles. The average Bonchev–Trinajstić information content (AvgIpc) is 2.91. The van der Waals surface area contributed by atoms with Crippen LogP contribution in [0.15, 0.2) is 42.5 Å². The smallest absolute Gasteiger partial charge is 0.296 e. The van der Waals surface area contributed by atoms with Crippen LogP contribution in [-0.2, 0) is 11.3 Å². The molecule has 7 heteroatoms. The van der Waals surface area contributed by atoms with Crippen LogP contribution in [0, 0.1) is 0 Å². The first-order valence-corrected chi connectivity index (χ1v) is 9.62. The maximum atomic E-state index is 12.3. The number of halogens is 2. The molecule has 27 heavy (non-hydrogen) atoms. The highest BCUT2D eigenvalue weighted by Crippen LogP contribution is 2.29. The molecule has 0 spiro atoms. The SMILES string of the molecule is O=C1C(=O)N(CN2CCN(Cc3ccc(Cl)cc3Cl)CC2)c2ccccc21. The second-order valence-corrected chi connectivity index (χ2v) is 7.69. The number of carbonyl (C=O) groups excluding carboxylic acids is 2. The second kappa shape index (κ2) is 7.60. The molecule has 140 valence electrons. The van der Waals surface area contributed by atoms with Crippen LogP contribution < -0.4 is 4.90 Å². The Morgan fingerprint density at radius 3 is 2.33 bits per heavy atom. The van der Waals surface area contributed by atoms with E-state index in [1.54, 1.807) is 23.1 Å². The lowest BCUT2D eigenvalue weighted by Crippen LogP contribution is -2.50. The third-order valence-electron chi connectivity index (χ3n) is 5.09. The normalized spacial score (nSPS) is 18.2.